The predicted octanol–water partition coefficient (Wildman–Crippen LogP) is -0.199. The summed E-state index contributed by atoms with van der Waals surface area (Å²) in [5.41, 5.74) is 5.44. The molecule has 0 aliphatic rings. The number of hydrogen-bond donors (Lipinski definition) is 5. The zero-order chi connectivity index (χ0) is 15.6. The fourth-order valence-electron chi connectivity index (χ4n) is 1.92. The third-order valence-corrected chi connectivity index (χ3v) is 3.13. The van der Waals surface area contributed by atoms with Gasteiger partial charge in [0.05, 0.1) is 0 Å². The summed E-state index contributed by atoms with van der Waals surface area (Å²) in [6, 6.07) is 0. The molecule has 0 saturated carbocycles. The Morgan fingerprint density at radius 2 is 1.14 bits per heavy atom. The zero-order valence-electron chi connectivity index (χ0n) is 13.7. The SMILES string of the molecule is CC(=O)NCCCNCCCNCCCNCCCCN. The van der Waals surface area contributed by atoms with Crippen LogP contribution in [0.25, 0.3) is 0 Å². The van der Waals surface area contributed by atoms with Crippen LogP contribution in [0.15, 0.2) is 0 Å². The van der Waals surface area contributed by atoms with Crippen molar-refractivity contribution in [2.24, 2.45) is 5.73 Å². The molecule has 0 radical (unpaired) electrons. The Morgan fingerprint density at radius 1 is 0.714 bits per heavy atom. The van der Waals surface area contributed by atoms with Crippen LogP contribution in [0.2, 0.25) is 0 Å². The Labute approximate surface area is 130 Å². The highest BCUT2D eigenvalue weighted by Crippen LogP contribution is 1.83. The minimum Gasteiger partial charge on any atom is -0.356 e. The van der Waals surface area contributed by atoms with Crippen LogP contribution in [0.1, 0.15) is 39.0 Å². The van der Waals surface area contributed by atoms with Crippen molar-refractivity contribution in [2.75, 3.05) is 52.4 Å². The molecule has 6 heteroatoms. The smallest absolute Gasteiger partial charge is 0.216 e. The zero-order valence-corrected chi connectivity index (χ0v) is 13.7. The predicted molar refractivity (Wildman–Crippen MR) is 89.4 cm³/mol. The van der Waals surface area contributed by atoms with Crippen LogP contribution in [0.3, 0.4) is 0 Å². The van der Waals surface area contributed by atoms with Crippen LogP contribution in [0.5, 0.6) is 0 Å². The molecule has 0 atom stereocenters. The van der Waals surface area contributed by atoms with Gasteiger partial charge in [-0.3, -0.25) is 4.79 Å². The Balaban J connectivity index is 2.95. The summed E-state index contributed by atoms with van der Waals surface area (Å²) in [4.78, 5) is 10.6. The van der Waals surface area contributed by atoms with Crippen molar-refractivity contribution in [1.82, 2.24) is 21.3 Å². The molecule has 0 aliphatic carbocycles. The van der Waals surface area contributed by atoms with Gasteiger partial charge >= 0.3 is 0 Å². The van der Waals surface area contributed by atoms with E-state index >= 15 is 0 Å². The Hall–Kier alpha value is -0.690. The molecular formula is C15H35N5O. The van der Waals surface area contributed by atoms with Crippen molar-refractivity contribution in [3.63, 3.8) is 0 Å². The van der Waals surface area contributed by atoms with E-state index in [1.165, 1.54) is 12.8 Å². The van der Waals surface area contributed by atoms with Gasteiger partial charge in [0.2, 0.25) is 5.91 Å². The summed E-state index contributed by atoms with van der Waals surface area (Å²) in [6.07, 6.45) is 5.60. The molecule has 0 aromatic rings. The van der Waals surface area contributed by atoms with Gasteiger partial charge in [-0.25, -0.2) is 0 Å². The molecule has 0 bridgehead atoms. The van der Waals surface area contributed by atoms with Crippen molar-refractivity contribution in [3.8, 4) is 0 Å². The van der Waals surface area contributed by atoms with Gasteiger partial charge in [-0.1, -0.05) is 0 Å². The fraction of sp³-hybridized carbons (Fsp3) is 0.933. The monoisotopic (exact) mass is 301 g/mol. The highest BCUT2D eigenvalue weighted by Gasteiger charge is 1.92. The summed E-state index contributed by atoms with van der Waals surface area (Å²) in [5, 5.41) is 13.0. The van der Waals surface area contributed by atoms with Crippen LogP contribution in [-0.4, -0.2) is 58.3 Å². The van der Waals surface area contributed by atoms with Gasteiger partial charge in [-0.2, -0.15) is 0 Å². The van der Waals surface area contributed by atoms with E-state index in [4.69, 9.17) is 5.73 Å². The summed E-state index contributed by atoms with van der Waals surface area (Å²) < 4.78 is 0. The molecular weight excluding hydrogens is 266 g/mol. The highest BCUT2D eigenvalue weighted by molar-refractivity contribution is 5.72. The number of carbonyl (C=O) groups is 1. The van der Waals surface area contributed by atoms with E-state index in [1.807, 2.05) is 0 Å². The molecule has 0 unspecified atom stereocenters. The minimum atomic E-state index is 0.0491. The maximum atomic E-state index is 10.6. The summed E-state index contributed by atoms with van der Waals surface area (Å²) in [6.45, 7) is 9.41. The van der Waals surface area contributed by atoms with Crippen LogP contribution < -0.4 is 27.0 Å². The summed E-state index contributed by atoms with van der Waals surface area (Å²) in [5.74, 6) is 0.0491. The second kappa shape index (κ2) is 17.4. The van der Waals surface area contributed by atoms with E-state index in [1.54, 1.807) is 6.92 Å². The van der Waals surface area contributed by atoms with Crippen molar-refractivity contribution in [1.29, 1.82) is 0 Å². The minimum absolute atomic E-state index is 0.0491. The van der Waals surface area contributed by atoms with E-state index in [2.05, 4.69) is 21.3 Å². The van der Waals surface area contributed by atoms with Crippen molar-refractivity contribution in [2.45, 2.75) is 39.0 Å². The topological polar surface area (TPSA) is 91.2 Å². The van der Waals surface area contributed by atoms with Gasteiger partial charge in [0, 0.05) is 13.5 Å². The standard InChI is InChI=1S/C15H35N5O/c1-15(21)20-14-6-13-19-12-5-11-18-10-4-9-17-8-3-2-7-16/h17-19H,2-14,16H2,1H3,(H,20,21). The average Bonchev–Trinajstić information content (AvgIpc) is 2.46. The average molecular weight is 301 g/mol. The number of hydrogen-bond acceptors (Lipinski definition) is 5. The van der Waals surface area contributed by atoms with Gasteiger partial charge in [0.1, 0.15) is 0 Å². The molecule has 6 nitrogen and oxygen atoms in total. The first-order chi connectivity index (χ1) is 10.3. The molecule has 0 saturated heterocycles. The molecule has 126 valence electrons. The van der Waals surface area contributed by atoms with E-state index in [9.17, 15) is 4.79 Å². The summed E-state index contributed by atoms with van der Waals surface area (Å²) in [7, 11) is 0. The molecule has 0 rings (SSSR count). The number of carbonyl (C=O) groups excluding carboxylic acids is 1. The largest absolute Gasteiger partial charge is 0.356 e. The molecule has 0 heterocycles. The van der Waals surface area contributed by atoms with E-state index in [0.717, 1.165) is 71.6 Å². The molecule has 0 aromatic heterocycles. The van der Waals surface area contributed by atoms with Crippen molar-refractivity contribution in [3.05, 3.63) is 0 Å². The first-order valence-corrected chi connectivity index (χ1v) is 8.34. The van der Waals surface area contributed by atoms with Gasteiger partial charge in [0.15, 0.2) is 0 Å². The lowest BCUT2D eigenvalue weighted by Gasteiger charge is -2.07. The van der Waals surface area contributed by atoms with E-state index < -0.39 is 0 Å². The van der Waals surface area contributed by atoms with Gasteiger partial charge < -0.3 is 27.0 Å². The lowest BCUT2D eigenvalue weighted by Crippen LogP contribution is -2.27. The maximum absolute atomic E-state index is 10.6. The van der Waals surface area contributed by atoms with Crippen LogP contribution >= 0.6 is 0 Å². The van der Waals surface area contributed by atoms with E-state index in [0.29, 0.717) is 0 Å². The van der Waals surface area contributed by atoms with Gasteiger partial charge in [-0.15, -0.1) is 0 Å². The van der Waals surface area contributed by atoms with Gasteiger partial charge in [0.25, 0.3) is 0 Å². The highest BCUT2D eigenvalue weighted by atomic mass is 16.1. The first-order valence-electron chi connectivity index (χ1n) is 8.34. The van der Waals surface area contributed by atoms with Crippen molar-refractivity contribution < 1.29 is 4.79 Å². The normalized spacial score (nSPS) is 10.8. The molecule has 0 spiro atoms. The lowest BCUT2D eigenvalue weighted by atomic mass is 10.3. The fourth-order valence-corrected chi connectivity index (χ4v) is 1.92. The van der Waals surface area contributed by atoms with Crippen molar-refractivity contribution >= 4 is 5.91 Å². The molecule has 0 aliphatic heterocycles. The van der Waals surface area contributed by atoms with Crippen LogP contribution in [0.4, 0.5) is 0 Å². The number of nitrogens with one attached hydrogen (secondary N) is 4. The lowest BCUT2D eigenvalue weighted by molar-refractivity contribution is -0.118. The second-order valence-electron chi connectivity index (χ2n) is 5.29. The van der Waals surface area contributed by atoms with E-state index in [-0.39, 0.29) is 5.91 Å². The number of amides is 1. The second-order valence-corrected chi connectivity index (χ2v) is 5.29. The molecule has 21 heavy (non-hydrogen) atoms. The van der Waals surface area contributed by atoms with Crippen LogP contribution in [0, 0.1) is 0 Å². The third kappa shape index (κ3) is 19.3. The van der Waals surface area contributed by atoms with Crippen LogP contribution in [-0.2, 0) is 4.79 Å². The first kappa shape index (κ1) is 20.3. The molecule has 0 fully saturated rings. The Kier molecular flexibility index (Phi) is 16.8. The summed E-state index contributed by atoms with van der Waals surface area (Å²) >= 11 is 0. The number of unbranched alkanes of at least 4 members (excludes halogenated alkanes) is 1. The number of rotatable bonds is 16. The third-order valence-electron chi connectivity index (χ3n) is 3.13. The maximum Gasteiger partial charge on any atom is 0.216 e. The van der Waals surface area contributed by atoms with Gasteiger partial charge in [-0.05, 0) is 77.9 Å². The molecule has 1 amide bonds. The Bertz CT molecular complexity index is 226. The quantitative estimate of drug-likeness (QED) is 0.255. The molecule has 6 N–H and O–H groups in total. The number of nitrogens with two attached hydrogens (primary N) is 1. The Morgan fingerprint density at radius 3 is 1.57 bits per heavy atom. The molecule has 0 aromatic carbocycles.